The van der Waals surface area contributed by atoms with Crippen LogP contribution in [0.4, 0.5) is 10.8 Å². The number of nitrogens with two attached hydrogens (primary N) is 1. The largest absolute Gasteiger partial charge is 0.462 e. The molecular weight excluding hydrogens is 250 g/mol. The number of nitrogens with zero attached hydrogens (tertiary/aromatic N) is 1. The second-order valence-corrected chi connectivity index (χ2v) is 4.75. The van der Waals surface area contributed by atoms with Gasteiger partial charge in [0.25, 0.3) is 0 Å². The number of anilines is 2. The standard InChI is InChI=1S/C12H21N3O2S/c1-3-5-6-7-8-14-11-9(10(13)15-18-11)12(16)17-4-2/h14H,3-8H2,1-2H3,(H2,13,15). The number of hydrogen-bond acceptors (Lipinski definition) is 6. The van der Waals surface area contributed by atoms with E-state index >= 15 is 0 Å². The molecule has 1 heterocycles. The third kappa shape index (κ3) is 4.18. The van der Waals surface area contributed by atoms with E-state index in [-0.39, 0.29) is 5.82 Å². The van der Waals surface area contributed by atoms with Gasteiger partial charge in [-0.05, 0) is 24.9 Å². The number of unbranched alkanes of at least 4 members (excludes halogenated alkanes) is 3. The Hall–Kier alpha value is -1.30. The first kappa shape index (κ1) is 14.8. The van der Waals surface area contributed by atoms with Crippen molar-refractivity contribution in [3.63, 3.8) is 0 Å². The highest BCUT2D eigenvalue weighted by Crippen LogP contribution is 2.27. The van der Waals surface area contributed by atoms with Crippen LogP contribution in [0.25, 0.3) is 0 Å². The molecule has 0 aliphatic carbocycles. The van der Waals surface area contributed by atoms with Crippen LogP contribution in [0.1, 0.15) is 49.9 Å². The van der Waals surface area contributed by atoms with Crippen molar-refractivity contribution in [1.29, 1.82) is 0 Å². The molecule has 0 fully saturated rings. The summed E-state index contributed by atoms with van der Waals surface area (Å²) < 4.78 is 8.95. The van der Waals surface area contributed by atoms with E-state index in [9.17, 15) is 4.79 Å². The molecular formula is C12H21N3O2S. The van der Waals surface area contributed by atoms with Crippen LogP contribution in [0.15, 0.2) is 0 Å². The summed E-state index contributed by atoms with van der Waals surface area (Å²) in [5.41, 5.74) is 6.06. The van der Waals surface area contributed by atoms with Gasteiger partial charge in [0.2, 0.25) is 0 Å². The van der Waals surface area contributed by atoms with Gasteiger partial charge in [0, 0.05) is 6.54 Å². The smallest absolute Gasteiger partial charge is 0.344 e. The Morgan fingerprint density at radius 1 is 1.39 bits per heavy atom. The molecule has 5 nitrogen and oxygen atoms in total. The zero-order valence-corrected chi connectivity index (χ0v) is 11.8. The van der Waals surface area contributed by atoms with Crippen molar-refractivity contribution in [2.75, 3.05) is 24.2 Å². The Morgan fingerprint density at radius 2 is 2.17 bits per heavy atom. The normalized spacial score (nSPS) is 10.3. The van der Waals surface area contributed by atoms with Gasteiger partial charge in [-0.15, -0.1) is 0 Å². The molecule has 0 atom stereocenters. The van der Waals surface area contributed by atoms with Crippen LogP contribution in [-0.4, -0.2) is 23.5 Å². The second kappa shape index (κ2) is 7.92. The minimum absolute atomic E-state index is 0.245. The molecule has 3 N–H and O–H groups in total. The number of aromatic nitrogens is 1. The van der Waals surface area contributed by atoms with Crippen LogP contribution in [0, 0.1) is 0 Å². The lowest BCUT2D eigenvalue weighted by molar-refractivity contribution is 0.0529. The number of ether oxygens (including phenoxy) is 1. The minimum Gasteiger partial charge on any atom is -0.462 e. The molecule has 0 radical (unpaired) electrons. The maximum Gasteiger partial charge on any atom is 0.344 e. The molecule has 0 saturated carbocycles. The lowest BCUT2D eigenvalue weighted by Crippen LogP contribution is -2.10. The number of carbonyl (C=O) groups is 1. The third-order valence-electron chi connectivity index (χ3n) is 2.51. The van der Waals surface area contributed by atoms with E-state index in [1.807, 2.05) is 0 Å². The minimum atomic E-state index is -0.403. The summed E-state index contributed by atoms with van der Waals surface area (Å²) in [4.78, 5) is 11.7. The number of rotatable bonds is 8. The van der Waals surface area contributed by atoms with Crippen LogP contribution in [0.3, 0.4) is 0 Å². The van der Waals surface area contributed by atoms with Gasteiger partial charge >= 0.3 is 5.97 Å². The zero-order valence-electron chi connectivity index (χ0n) is 11.0. The molecule has 0 bridgehead atoms. The first-order chi connectivity index (χ1) is 8.70. The summed E-state index contributed by atoms with van der Waals surface area (Å²) in [5, 5.41) is 3.92. The Balaban J connectivity index is 2.52. The van der Waals surface area contributed by atoms with E-state index in [0.717, 1.165) is 13.0 Å². The molecule has 0 saturated heterocycles. The summed E-state index contributed by atoms with van der Waals surface area (Å²) in [7, 11) is 0. The van der Waals surface area contributed by atoms with E-state index in [2.05, 4.69) is 16.6 Å². The summed E-state index contributed by atoms with van der Waals surface area (Å²) in [6, 6.07) is 0. The summed E-state index contributed by atoms with van der Waals surface area (Å²) in [5.74, 6) is -0.158. The first-order valence-corrected chi connectivity index (χ1v) is 7.14. The Morgan fingerprint density at radius 3 is 2.83 bits per heavy atom. The van der Waals surface area contributed by atoms with Crippen LogP contribution < -0.4 is 11.1 Å². The van der Waals surface area contributed by atoms with E-state index in [1.165, 1.54) is 30.8 Å². The number of nitrogen functional groups attached to an aromatic ring is 1. The molecule has 0 amide bonds. The van der Waals surface area contributed by atoms with Crippen molar-refractivity contribution in [3.8, 4) is 0 Å². The van der Waals surface area contributed by atoms with Crippen LogP contribution >= 0.6 is 11.5 Å². The number of esters is 1. The molecule has 1 rings (SSSR count). The predicted octanol–water partition coefficient (Wildman–Crippen LogP) is 2.89. The number of nitrogens with one attached hydrogen (secondary N) is 1. The molecule has 6 heteroatoms. The van der Waals surface area contributed by atoms with E-state index < -0.39 is 5.97 Å². The average molecular weight is 271 g/mol. The van der Waals surface area contributed by atoms with Gasteiger partial charge in [0.15, 0.2) is 5.82 Å². The zero-order chi connectivity index (χ0) is 13.4. The molecule has 18 heavy (non-hydrogen) atoms. The lowest BCUT2D eigenvalue weighted by atomic mass is 10.2. The SMILES string of the molecule is CCCCCCNc1snc(N)c1C(=O)OCC. The van der Waals surface area contributed by atoms with Crippen LogP contribution in [0.5, 0.6) is 0 Å². The average Bonchev–Trinajstić information content (AvgIpc) is 2.71. The fourth-order valence-corrected chi connectivity index (χ4v) is 2.30. The van der Waals surface area contributed by atoms with Gasteiger partial charge in [-0.25, -0.2) is 4.79 Å². The highest BCUT2D eigenvalue weighted by atomic mass is 32.1. The summed E-state index contributed by atoms with van der Waals surface area (Å²) >= 11 is 1.21. The van der Waals surface area contributed by atoms with Gasteiger partial charge < -0.3 is 15.8 Å². The fraction of sp³-hybridized carbons (Fsp3) is 0.667. The van der Waals surface area contributed by atoms with E-state index in [1.54, 1.807) is 6.92 Å². The fourth-order valence-electron chi connectivity index (χ4n) is 1.58. The van der Waals surface area contributed by atoms with Gasteiger partial charge in [-0.1, -0.05) is 26.2 Å². The number of carbonyl (C=O) groups excluding carboxylic acids is 1. The van der Waals surface area contributed by atoms with Crippen molar-refractivity contribution in [2.45, 2.75) is 39.5 Å². The summed E-state index contributed by atoms with van der Waals surface area (Å²) in [6.07, 6.45) is 4.71. The maximum absolute atomic E-state index is 11.7. The Kier molecular flexibility index (Phi) is 6.49. The molecule has 0 aliphatic rings. The van der Waals surface area contributed by atoms with Gasteiger partial charge in [0.05, 0.1) is 6.61 Å². The van der Waals surface area contributed by atoms with Crippen LogP contribution in [0.2, 0.25) is 0 Å². The van der Waals surface area contributed by atoms with Gasteiger partial charge in [-0.3, -0.25) is 0 Å². The molecule has 1 aromatic rings. The molecule has 0 unspecified atom stereocenters. The Labute approximate surface area is 112 Å². The molecule has 102 valence electrons. The highest BCUT2D eigenvalue weighted by Gasteiger charge is 2.19. The third-order valence-corrected chi connectivity index (χ3v) is 3.33. The quantitative estimate of drug-likeness (QED) is 0.561. The van der Waals surface area contributed by atoms with Crippen molar-refractivity contribution in [3.05, 3.63) is 5.56 Å². The van der Waals surface area contributed by atoms with Crippen molar-refractivity contribution in [2.24, 2.45) is 0 Å². The second-order valence-electron chi connectivity index (χ2n) is 3.98. The predicted molar refractivity (Wildman–Crippen MR) is 75.1 cm³/mol. The van der Waals surface area contributed by atoms with E-state index in [4.69, 9.17) is 10.5 Å². The summed E-state index contributed by atoms with van der Waals surface area (Å²) in [6.45, 7) is 5.11. The van der Waals surface area contributed by atoms with Gasteiger partial charge in [-0.2, -0.15) is 4.37 Å². The molecule has 0 aromatic carbocycles. The maximum atomic E-state index is 11.7. The number of hydrogen-bond donors (Lipinski definition) is 2. The van der Waals surface area contributed by atoms with Crippen molar-refractivity contribution < 1.29 is 9.53 Å². The molecule has 0 aliphatic heterocycles. The lowest BCUT2D eigenvalue weighted by Gasteiger charge is -2.06. The highest BCUT2D eigenvalue weighted by molar-refractivity contribution is 7.11. The molecule has 0 spiro atoms. The van der Waals surface area contributed by atoms with E-state index in [0.29, 0.717) is 17.2 Å². The topological polar surface area (TPSA) is 77.2 Å². The van der Waals surface area contributed by atoms with Gasteiger partial charge in [0.1, 0.15) is 10.6 Å². The molecule has 1 aromatic heterocycles. The van der Waals surface area contributed by atoms with Crippen molar-refractivity contribution in [1.82, 2.24) is 4.37 Å². The van der Waals surface area contributed by atoms with Crippen molar-refractivity contribution >= 4 is 28.3 Å². The van der Waals surface area contributed by atoms with Crippen LogP contribution in [-0.2, 0) is 4.74 Å². The first-order valence-electron chi connectivity index (χ1n) is 6.36. The Bertz CT molecular complexity index is 379. The monoisotopic (exact) mass is 271 g/mol.